The standard InChI is InChI=1S/C23H28N2O3/c26-22(12-15-25-13-10-19(11-14-25)23-27-16-17-28-23)24-21-9-5-4-8-20(21)18-6-2-1-3-7-18/h1-9,19,23H,10-17H2,(H,24,26). The molecule has 0 spiro atoms. The Morgan fingerprint density at radius 2 is 1.64 bits per heavy atom. The van der Waals surface area contributed by atoms with Crippen molar-refractivity contribution in [1.82, 2.24) is 4.90 Å². The molecule has 2 aliphatic rings. The van der Waals surface area contributed by atoms with Gasteiger partial charge < -0.3 is 19.7 Å². The van der Waals surface area contributed by atoms with E-state index in [1.807, 2.05) is 42.5 Å². The van der Waals surface area contributed by atoms with Crippen molar-refractivity contribution in [2.24, 2.45) is 5.92 Å². The fourth-order valence-corrected chi connectivity index (χ4v) is 4.03. The summed E-state index contributed by atoms with van der Waals surface area (Å²) in [4.78, 5) is 14.9. The number of benzene rings is 2. The number of likely N-dealkylation sites (tertiary alicyclic amines) is 1. The van der Waals surface area contributed by atoms with E-state index in [1.165, 1.54) is 0 Å². The van der Waals surface area contributed by atoms with E-state index in [9.17, 15) is 4.79 Å². The maximum absolute atomic E-state index is 12.5. The number of para-hydroxylation sites is 1. The largest absolute Gasteiger partial charge is 0.350 e. The first-order chi connectivity index (χ1) is 13.8. The molecule has 2 aromatic carbocycles. The van der Waals surface area contributed by atoms with Crippen molar-refractivity contribution in [2.45, 2.75) is 25.6 Å². The zero-order valence-electron chi connectivity index (χ0n) is 16.2. The van der Waals surface area contributed by atoms with E-state index in [1.54, 1.807) is 0 Å². The minimum absolute atomic E-state index is 0.0139. The van der Waals surface area contributed by atoms with Crippen LogP contribution in [0.5, 0.6) is 0 Å². The van der Waals surface area contributed by atoms with E-state index in [2.05, 4.69) is 22.3 Å². The van der Waals surface area contributed by atoms with Crippen molar-refractivity contribution in [3.63, 3.8) is 0 Å². The van der Waals surface area contributed by atoms with Crippen LogP contribution in [0.25, 0.3) is 11.1 Å². The second-order valence-electron chi connectivity index (χ2n) is 7.50. The van der Waals surface area contributed by atoms with Gasteiger partial charge in [0.2, 0.25) is 5.91 Å². The number of carbonyl (C=O) groups is 1. The van der Waals surface area contributed by atoms with Crippen LogP contribution in [0.4, 0.5) is 5.69 Å². The van der Waals surface area contributed by atoms with Gasteiger partial charge in [-0.15, -0.1) is 0 Å². The minimum Gasteiger partial charge on any atom is -0.350 e. The van der Waals surface area contributed by atoms with Crippen LogP contribution in [-0.4, -0.2) is 49.9 Å². The molecule has 28 heavy (non-hydrogen) atoms. The van der Waals surface area contributed by atoms with Gasteiger partial charge in [0.1, 0.15) is 0 Å². The number of nitrogens with zero attached hydrogens (tertiary/aromatic N) is 1. The van der Waals surface area contributed by atoms with Gasteiger partial charge in [0.05, 0.1) is 13.2 Å². The van der Waals surface area contributed by atoms with Crippen LogP contribution in [0.2, 0.25) is 0 Å². The molecule has 0 atom stereocenters. The van der Waals surface area contributed by atoms with Gasteiger partial charge in [0, 0.05) is 30.1 Å². The Hall–Kier alpha value is -2.21. The van der Waals surface area contributed by atoms with Crippen molar-refractivity contribution in [1.29, 1.82) is 0 Å². The Morgan fingerprint density at radius 1 is 0.964 bits per heavy atom. The summed E-state index contributed by atoms with van der Waals surface area (Å²) in [5, 5.41) is 3.10. The van der Waals surface area contributed by atoms with Gasteiger partial charge in [0.25, 0.3) is 0 Å². The Balaban J connectivity index is 1.27. The zero-order valence-corrected chi connectivity index (χ0v) is 16.2. The van der Waals surface area contributed by atoms with E-state index in [4.69, 9.17) is 9.47 Å². The predicted molar refractivity (Wildman–Crippen MR) is 110 cm³/mol. The summed E-state index contributed by atoms with van der Waals surface area (Å²) in [6.07, 6.45) is 2.64. The summed E-state index contributed by atoms with van der Waals surface area (Å²) < 4.78 is 11.3. The first-order valence-corrected chi connectivity index (χ1v) is 10.2. The Morgan fingerprint density at radius 3 is 2.39 bits per heavy atom. The average Bonchev–Trinajstić information content (AvgIpc) is 3.29. The van der Waals surface area contributed by atoms with E-state index in [0.717, 1.165) is 62.5 Å². The number of anilines is 1. The first kappa shape index (κ1) is 19.1. The van der Waals surface area contributed by atoms with Gasteiger partial charge in [-0.1, -0.05) is 48.5 Å². The fourth-order valence-electron chi connectivity index (χ4n) is 4.03. The summed E-state index contributed by atoms with van der Waals surface area (Å²) in [6, 6.07) is 18.1. The van der Waals surface area contributed by atoms with Crippen LogP contribution in [0, 0.1) is 5.92 Å². The molecule has 2 aliphatic heterocycles. The number of amides is 1. The van der Waals surface area contributed by atoms with Crippen LogP contribution < -0.4 is 5.32 Å². The molecule has 5 heteroatoms. The average molecular weight is 380 g/mol. The number of nitrogens with one attached hydrogen (secondary N) is 1. The number of hydrogen-bond acceptors (Lipinski definition) is 4. The predicted octanol–water partition coefficient (Wildman–Crippen LogP) is 3.77. The van der Waals surface area contributed by atoms with E-state index in [0.29, 0.717) is 12.3 Å². The van der Waals surface area contributed by atoms with Gasteiger partial charge >= 0.3 is 0 Å². The summed E-state index contributed by atoms with van der Waals surface area (Å²) >= 11 is 0. The lowest BCUT2D eigenvalue weighted by atomic mass is 9.96. The Bertz CT molecular complexity index is 766. The Kier molecular flexibility index (Phi) is 6.37. The lowest BCUT2D eigenvalue weighted by molar-refractivity contribution is -0.117. The lowest BCUT2D eigenvalue weighted by Gasteiger charge is -2.33. The first-order valence-electron chi connectivity index (χ1n) is 10.2. The number of piperidine rings is 1. The van der Waals surface area contributed by atoms with Crippen LogP contribution >= 0.6 is 0 Å². The highest BCUT2D eigenvalue weighted by Gasteiger charge is 2.30. The number of rotatable bonds is 6. The molecule has 0 aliphatic carbocycles. The van der Waals surface area contributed by atoms with Gasteiger partial charge in [-0.05, 0) is 37.6 Å². The molecular formula is C23H28N2O3. The van der Waals surface area contributed by atoms with Crippen LogP contribution in [0.15, 0.2) is 54.6 Å². The maximum atomic E-state index is 12.5. The van der Waals surface area contributed by atoms with Gasteiger partial charge in [-0.3, -0.25) is 4.79 Å². The van der Waals surface area contributed by atoms with Crippen LogP contribution in [0.3, 0.4) is 0 Å². The monoisotopic (exact) mass is 380 g/mol. The smallest absolute Gasteiger partial charge is 0.225 e. The van der Waals surface area contributed by atoms with Gasteiger partial charge in [-0.2, -0.15) is 0 Å². The molecule has 2 fully saturated rings. The molecule has 0 radical (unpaired) electrons. The van der Waals surface area contributed by atoms with Gasteiger partial charge in [-0.25, -0.2) is 0 Å². The molecule has 2 aromatic rings. The van der Waals surface area contributed by atoms with Gasteiger partial charge in [0.15, 0.2) is 6.29 Å². The number of hydrogen-bond donors (Lipinski definition) is 1. The molecule has 1 N–H and O–H groups in total. The zero-order chi connectivity index (χ0) is 19.2. The molecule has 2 saturated heterocycles. The molecule has 0 aromatic heterocycles. The molecule has 5 nitrogen and oxygen atoms in total. The van der Waals surface area contributed by atoms with E-state index < -0.39 is 0 Å². The Labute approximate surface area is 166 Å². The summed E-state index contributed by atoms with van der Waals surface area (Å²) in [5.41, 5.74) is 3.03. The second-order valence-corrected chi connectivity index (χ2v) is 7.50. The molecule has 0 saturated carbocycles. The topological polar surface area (TPSA) is 50.8 Å². The molecular weight excluding hydrogens is 352 g/mol. The highest BCUT2D eigenvalue weighted by molar-refractivity contribution is 5.95. The molecule has 4 rings (SSSR count). The normalized spacial score (nSPS) is 19.0. The third kappa shape index (κ3) is 4.79. The quantitative estimate of drug-likeness (QED) is 0.829. The molecule has 2 heterocycles. The highest BCUT2D eigenvalue weighted by atomic mass is 16.7. The molecule has 148 valence electrons. The van der Waals surface area contributed by atoms with E-state index in [-0.39, 0.29) is 12.2 Å². The SMILES string of the molecule is O=C(CCN1CCC(C2OCCO2)CC1)Nc1ccccc1-c1ccccc1. The lowest BCUT2D eigenvalue weighted by Crippen LogP contribution is -2.39. The maximum Gasteiger partial charge on any atom is 0.225 e. The van der Waals surface area contributed by atoms with Crippen molar-refractivity contribution in [3.05, 3.63) is 54.6 Å². The molecule has 0 unspecified atom stereocenters. The van der Waals surface area contributed by atoms with Crippen molar-refractivity contribution < 1.29 is 14.3 Å². The second kappa shape index (κ2) is 9.32. The summed E-state index contributed by atoms with van der Waals surface area (Å²) in [5.74, 6) is 0.554. The number of carbonyl (C=O) groups excluding carboxylic acids is 1. The summed E-state index contributed by atoms with van der Waals surface area (Å²) in [7, 11) is 0. The third-order valence-electron chi connectivity index (χ3n) is 5.61. The summed E-state index contributed by atoms with van der Waals surface area (Å²) in [6.45, 7) is 4.23. The fraction of sp³-hybridized carbons (Fsp3) is 0.435. The van der Waals surface area contributed by atoms with Crippen molar-refractivity contribution >= 4 is 11.6 Å². The molecule has 1 amide bonds. The molecule has 0 bridgehead atoms. The van der Waals surface area contributed by atoms with Crippen molar-refractivity contribution in [3.8, 4) is 11.1 Å². The van der Waals surface area contributed by atoms with Crippen molar-refractivity contribution in [2.75, 3.05) is 38.2 Å². The van der Waals surface area contributed by atoms with Crippen LogP contribution in [-0.2, 0) is 14.3 Å². The highest BCUT2D eigenvalue weighted by Crippen LogP contribution is 2.28. The third-order valence-corrected chi connectivity index (χ3v) is 5.61. The minimum atomic E-state index is -0.0139. The van der Waals surface area contributed by atoms with Crippen LogP contribution in [0.1, 0.15) is 19.3 Å². The number of ether oxygens (including phenoxy) is 2. The van der Waals surface area contributed by atoms with E-state index >= 15 is 0 Å².